The molecule has 0 aliphatic carbocycles. The number of hydrogen-bond donors (Lipinski definition) is 2. The Bertz CT molecular complexity index is 469. The standard InChI is InChI=1S/C14H20ClN3O2/c1-18(7-8-20-2)14(19)13-9-12(16-17-13)10-5-3-4-6-11(10)15/h3-6,12-13,16-17H,7-9H2,1-2H3. The summed E-state index contributed by atoms with van der Waals surface area (Å²) in [5.74, 6) is 0.0594. The molecular formula is C14H20ClN3O2. The number of likely N-dealkylation sites (N-methyl/N-ethyl adjacent to an activating group) is 1. The van der Waals surface area contributed by atoms with E-state index in [1.807, 2.05) is 24.3 Å². The van der Waals surface area contributed by atoms with Gasteiger partial charge in [0.05, 0.1) is 6.61 Å². The van der Waals surface area contributed by atoms with Gasteiger partial charge in [-0.3, -0.25) is 4.79 Å². The second-order valence-corrected chi connectivity index (χ2v) is 5.31. The number of ether oxygens (including phenoxy) is 1. The zero-order chi connectivity index (χ0) is 14.5. The van der Waals surface area contributed by atoms with Gasteiger partial charge in [0, 0.05) is 31.8 Å². The summed E-state index contributed by atoms with van der Waals surface area (Å²) < 4.78 is 4.98. The smallest absolute Gasteiger partial charge is 0.240 e. The second kappa shape index (κ2) is 7.04. The van der Waals surface area contributed by atoms with E-state index in [4.69, 9.17) is 16.3 Å². The molecule has 0 saturated carbocycles. The summed E-state index contributed by atoms with van der Waals surface area (Å²) in [6, 6.07) is 7.49. The van der Waals surface area contributed by atoms with Crippen molar-refractivity contribution in [1.29, 1.82) is 0 Å². The minimum atomic E-state index is -0.238. The van der Waals surface area contributed by atoms with Crippen LogP contribution in [0.25, 0.3) is 0 Å². The van der Waals surface area contributed by atoms with Gasteiger partial charge in [-0.2, -0.15) is 0 Å². The molecule has 6 heteroatoms. The zero-order valence-electron chi connectivity index (χ0n) is 11.7. The summed E-state index contributed by atoms with van der Waals surface area (Å²) in [7, 11) is 3.41. The molecule has 0 bridgehead atoms. The molecule has 1 saturated heterocycles. The number of carbonyl (C=O) groups is 1. The summed E-state index contributed by atoms with van der Waals surface area (Å²) >= 11 is 6.18. The molecule has 0 aromatic heterocycles. The summed E-state index contributed by atoms with van der Waals surface area (Å²) in [4.78, 5) is 13.9. The van der Waals surface area contributed by atoms with Crippen molar-refractivity contribution in [3.05, 3.63) is 34.9 Å². The summed E-state index contributed by atoms with van der Waals surface area (Å²) in [6.45, 7) is 1.13. The average Bonchev–Trinajstić information content (AvgIpc) is 2.94. The van der Waals surface area contributed by atoms with E-state index in [1.165, 1.54) is 0 Å². The van der Waals surface area contributed by atoms with Crippen molar-refractivity contribution in [3.8, 4) is 0 Å². The van der Waals surface area contributed by atoms with Crippen LogP contribution < -0.4 is 10.9 Å². The fourth-order valence-corrected chi connectivity index (χ4v) is 2.55. The number of halogens is 1. The van der Waals surface area contributed by atoms with Crippen molar-refractivity contribution in [2.45, 2.75) is 18.5 Å². The molecule has 1 amide bonds. The number of nitrogens with zero attached hydrogens (tertiary/aromatic N) is 1. The highest BCUT2D eigenvalue weighted by molar-refractivity contribution is 6.31. The third-order valence-corrected chi connectivity index (χ3v) is 3.83. The Kier molecular flexibility index (Phi) is 5.37. The van der Waals surface area contributed by atoms with Crippen LogP contribution in [0.5, 0.6) is 0 Å². The predicted molar refractivity (Wildman–Crippen MR) is 78.4 cm³/mol. The monoisotopic (exact) mass is 297 g/mol. The van der Waals surface area contributed by atoms with Crippen LogP contribution >= 0.6 is 11.6 Å². The van der Waals surface area contributed by atoms with E-state index in [2.05, 4.69) is 10.9 Å². The lowest BCUT2D eigenvalue weighted by atomic mass is 10.0. The molecule has 5 nitrogen and oxygen atoms in total. The lowest BCUT2D eigenvalue weighted by Crippen LogP contribution is -2.44. The molecule has 1 aromatic rings. The molecule has 0 spiro atoms. The van der Waals surface area contributed by atoms with Crippen LogP contribution in [0.3, 0.4) is 0 Å². The molecule has 1 aliphatic heterocycles. The molecular weight excluding hydrogens is 278 g/mol. The highest BCUT2D eigenvalue weighted by Crippen LogP contribution is 2.28. The van der Waals surface area contributed by atoms with Crippen LogP contribution in [-0.2, 0) is 9.53 Å². The van der Waals surface area contributed by atoms with Crippen molar-refractivity contribution >= 4 is 17.5 Å². The van der Waals surface area contributed by atoms with Crippen molar-refractivity contribution in [3.63, 3.8) is 0 Å². The van der Waals surface area contributed by atoms with Crippen molar-refractivity contribution in [2.75, 3.05) is 27.3 Å². The first-order valence-electron chi connectivity index (χ1n) is 6.63. The lowest BCUT2D eigenvalue weighted by Gasteiger charge is -2.20. The third-order valence-electron chi connectivity index (χ3n) is 3.49. The predicted octanol–water partition coefficient (Wildman–Crippen LogP) is 1.35. The molecule has 1 fully saturated rings. The Morgan fingerprint density at radius 1 is 1.45 bits per heavy atom. The van der Waals surface area contributed by atoms with E-state index < -0.39 is 0 Å². The highest BCUT2D eigenvalue weighted by atomic mass is 35.5. The highest BCUT2D eigenvalue weighted by Gasteiger charge is 2.32. The molecule has 1 heterocycles. The molecule has 20 heavy (non-hydrogen) atoms. The molecule has 2 unspecified atom stereocenters. The normalized spacial score (nSPS) is 21.9. The largest absolute Gasteiger partial charge is 0.383 e. The van der Waals surface area contributed by atoms with Crippen molar-refractivity contribution in [1.82, 2.24) is 15.8 Å². The number of hydrogen-bond acceptors (Lipinski definition) is 4. The van der Waals surface area contributed by atoms with Crippen LogP contribution in [0.1, 0.15) is 18.0 Å². The van der Waals surface area contributed by atoms with Gasteiger partial charge in [-0.25, -0.2) is 10.9 Å². The van der Waals surface area contributed by atoms with Crippen LogP contribution in [0.4, 0.5) is 0 Å². The third kappa shape index (κ3) is 3.49. The topological polar surface area (TPSA) is 53.6 Å². The van der Waals surface area contributed by atoms with E-state index in [0.29, 0.717) is 24.6 Å². The SMILES string of the molecule is COCCN(C)C(=O)C1CC(c2ccccc2Cl)NN1. The number of methoxy groups -OCH3 is 1. The van der Waals surface area contributed by atoms with E-state index in [-0.39, 0.29) is 18.0 Å². The molecule has 2 rings (SSSR count). The van der Waals surface area contributed by atoms with Crippen molar-refractivity contribution < 1.29 is 9.53 Å². The molecule has 2 N–H and O–H groups in total. The van der Waals surface area contributed by atoms with Gasteiger partial charge >= 0.3 is 0 Å². The minimum absolute atomic E-state index is 0.0495. The number of hydrazine groups is 1. The maximum atomic E-state index is 12.2. The van der Waals surface area contributed by atoms with Crippen LogP contribution in [0.2, 0.25) is 5.02 Å². The average molecular weight is 298 g/mol. The fourth-order valence-electron chi connectivity index (χ4n) is 2.28. The van der Waals surface area contributed by atoms with Gasteiger partial charge in [-0.1, -0.05) is 29.8 Å². The van der Waals surface area contributed by atoms with Gasteiger partial charge in [0.2, 0.25) is 5.91 Å². The number of amides is 1. The Morgan fingerprint density at radius 2 is 2.20 bits per heavy atom. The maximum absolute atomic E-state index is 12.2. The zero-order valence-corrected chi connectivity index (χ0v) is 12.5. The van der Waals surface area contributed by atoms with E-state index in [9.17, 15) is 4.79 Å². The van der Waals surface area contributed by atoms with Gasteiger partial charge < -0.3 is 9.64 Å². The maximum Gasteiger partial charge on any atom is 0.240 e. The number of nitrogens with one attached hydrogen (secondary N) is 2. The molecule has 2 atom stereocenters. The summed E-state index contributed by atoms with van der Waals surface area (Å²) in [6.07, 6.45) is 0.680. The van der Waals surface area contributed by atoms with Gasteiger partial charge in [0.1, 0.15) is 6.04 Å². The van der Waals surface area contributed by atoms with Gasteiger partial charge in [0.15, 0.2) is 0 Å². The second-order valence-electron chi connectivity index (χ2n) is 4.90. The first-order valence-corrected chi connectivity index (χ1v) is 7.00. The Hall–Kier alpha value is -1.14. The summed E-state index contributed by atoms with van der Waals surface area (Å²) in [5, 5.41) is 0.715. The molecule has 0 radical (unpaired) electrons. The van der Waals surface area contributed by atoms with E-state index in [1.54, 1.807) is 19.1 Å². The van der Waals surface area contributed by atoms with Gasteiger partial charge in [-0.05, 0) is 18.1 Å². The van der Waals surface area contributed by atoms with Gasteiger partial charge in [-0.15, -0.1) is 0 Å². The van der Waals surface area contributed by atoms with Crippen molar-refractivity contribution in [2.24, 2.45) is 0 Å². The van der Waals surface area contributed by atoms with Gasteiger partial charge in [0.25, 0.3) is 0 Å². The Morgan fingerprint density at radius 3 is 2.90 bits per heavy atom. The minimum Gasteiger partial charge on any atom is -0.383 e. The molecule has 1 aliphatic rings. The van der Waals surface area contributed by atoms with E-state index >= 15 is 0 Å². The van der Waals surface area contributed by atoms with E-state index in [0.717, 1.165) is 5.56 Å². The molecule has 1 aromatic carbocycles. The number of rotatable bonds is 5. The first-order chi connectivity index (χ1) is 9.63. The fraction of sp³-hybridized carbons (Fsp3) is 0.500. The Balaban J connectivity index is 1.95. The van der Waals surface area contributed by atoms with Crippen LogP contribution in [0, 0.1) is 0 Å². The lowest BCUT2D eigenvalue weighted by molar-refractivity contribution is -0.132. The number of benzene rings is 1. The Labute approximate surface area is 124 Å². The first kappa shape index (κ1) is 15.3. The quantitative estimate of drug-likeness (QED) is 0.861. The number of carbonyl (C=O) groups excluding carboxylic acids is 1. The van der Waals surface area contributed by atoms with Crippen LogP contribution in [0.15, 0.2) is 24.3 Å². The summed E-state index contributed by atoms with van der Waals surface area (Å²) in [5.41, 5.74) is 7.20. The molecule has 110 valence electrons. The van der Waals surface area contributed by atoms with Crippen LogP contribution in [-0.4, -0.2) is 44.2 Å².